The molecule has 0 spiro atoms. The number of carbonyl (C=O) groups excluding carboxylic acids is 2. The van der Waals surface area contributed by atoms with Crippen molar-refractivity contribution in [3.8, 4) is 11.1 Å². The van der Waals surface area contributed by atoms with Crippen LogP contribution >= 0.6 is 11.6 Å². The predicted molar refractivity (Wildman–Crippen MR) is 132 cm³/mol. The van der Waals surface area contributed by atoms with Crippen molar-refractivity contribution >= 4 is 23.5 Å². The molecule has 0 heterocycles. The molecule has 4 nitrogen and oxygen atoms in total. The molecule has 1 N–H and O–H groups in total. The van der Waals surface area contributed by atoms with E-state index >= 15 is 0 Å². The van der Waals surface area contributed by atoms with Crippen molar-refractivity contribution in [3.63, 3.8) is 0 Å². The minimum Gasteiger partial charge on any atom is -0.466 e. The van der Waals surface area contributed by atoms with Crippen LogP contribution < -0.4 is 5.32 Å². The van der Waals surface area contributed by atoms with Crippen LogP contribution in [0, 0.1) is 0 Å². The van der Waals surface area contributed by atoms with E-state index in [1.807, 2.05) is 49.4 Å². The Bertz CT molecular complexity index is 1150. The average Bonchev–Trinajstić information content (AvgIpc) is 3.19. The summed E-state index contributed by atoms with van der Waals surface area (Å²) in [5.41, 5.74) is 8.03. The van der Waals surface area contributed by atoms with Gasteiger partial charge in [-0.2, -0.15) is 0 Å². The van der Waals surface area contributed by atoms with E-state index < -0.39 is 0 Å². The first kappa shape index (κ1) is 23.1. The highest BCUT2D eigenvalue weighted by Gasteiger charge is 2.23. The standard InChI is InChI=1S/C28H28ClNO3/c1-2-33-28(32)14-11-19-7-9-20(10-8-19)15-16-30-27(31)18-25-24-17-21-5-3-4-6-22(21)23(24)12-13-26(25)29/h3-10,12-13H,2,11,14-18H2,1H3,(H,30,31). The summed E-state index contributed by atoms with van der Waals surface area (Å²) in [6.45, 7) is 2.79. The highest BCUT2D eigenvalue weighted by Crippen LogP contribution is 2.40. The van der Waals surface area contributed by atoms with Crippen molar-refractivity contribution in [3.05, 3.63) is 93.5 Å². The first-order valence-corrected chi connectivity index (χ1v) is 11.8. The van der Waals surface area contributed by atoms with Crippen LogP contribution in [0.15, 0.2) is 60.7 Å². The second kappa shape index (κ2) is 10.7. The highest BCUT2D eigenvalue weighted by molar-refractivity contribution is 6.31. The molecule has 0 atom stereocenters. The van der Waals surface area contributed by atoms with Crippen LogP contribution in [0.2, 0.25) is 5.02 Å². The summed E-state index contributed by atoms with van der Waals surface area (Å²) in [6.07, 6.45) is 2.90. The Labute approximate surface area is 199 Å². The number of hydrogen-bond acceptors (Lipinski definition) is 3. The van der Waals surface area contributed by atoms with Crippen LogP contribution in [0.1, 0.15) is 41.2 Å². The van der Waals surface area contributed by atoms with E-state index in [1.54, 1.807) is 0 Å². The molecule has 0 aliphatic heterocycles. The molecule has 1 amide bonds. The first-order chi connectivity index (χ1) is 16.0. The number of benzene rings is 3. The Kier molecular flexibility index (Phi) is 7.46. The molecular formula is C28H28ClNO3. The number of fused-ring (bicyclic) bond motifs is 3. The van der Waals surface area contributed by atoms with Crippen molar-refractivity contribution in [2.75, 3.05) is 13.2 Å². The van der Waals surface area contributed by atoms with Crippen molar-refractivity contribution in [2.24, 2.45) is 0 Å². The first-order valence-electron chi connectivity index (χ1n) is 11.4. The van der Waals surface area contributed by atoms with Gasteiger partial charge in [0.25, 0.3) is 0 Å². The molecule has 5 heteroatoms. The van der Waals surface area contributed by atoms with Gasteiger partial charge < -0.3 is 10.1 Å². The van der Waals surface area contributed by atoms with Gasteiger partial charge in [0.1, 0.15) is 0 Å². The predicted octanol–water partition coefficient (Wildman–Crippen LogP) is 5.31. The van der Waals surface area contributed by atoms with Gasteiger partial charge in [-0.25, -0.2) is 0 Å². The summed E-state index contributed by atoms with van der Waals surface area (Å²) < 4.78 is 4.97. The fourth-order valence-electron chi connectivity index (χ4n) is 4.36. The molecule has 1 aliphatic rings. The van der Waals surface area contributed by atoms with Gasteiger partial charge in [-0.05, 0) is 71.2 Å². The summed E-state index contributed by atoms with van der Waals surface area (Å²) in [6, 6.07) is 20.5. The van der Waals surface area contributed by atoms with E-state index in [0.29, 0.717) is 31.0 Å². The zero-order chi connectivity index (χ0) is 23.2. The topological polar surface area (TPSA) is 55.4 Å². The third-order valence-electron chi connectivity index (χ3n) is 6.07. The molecule has 0 bridgehead atoms. The second-order valence-electron chi connectivity index (χ2n) is 8.28. The van der Waals surface area contributed by atoms with Gasteiger partial charge in [0, 0.05) is 18.0 Å². The third-order valence-corrected chi connectivity index (χ3v) is 6.42. The van der Waals surface area contributed by atoms with Crippen molar-refractivity contribution in [1.82, 2.24) is 5.32 Å². The molecule has 0 saturated carbocycles. The molecule has 3 aromatic carbocycles. The van der Waals surface area contributed by atoms with Crippen molar-refractivity contribution in [2.45, 2.75) is 39.0 Å². The maximum atomic E-state index is 12.7. The maximum absolute atomic E-state index is 12.7. The number of nitrogens with one attached hydrogen (secondary N) is 1. The molecule has 3 aromatic rings. The average molecular weight is 462 g/mol. The van der Waals surface area contributed by atoms with Gasteiger partial charge in [-0.1, -0.05) is 66.2 Å². The van der Waals surface area contributed by atoms with Crippen LogP contribution in [0.4, 0.5) is 0 Å². The number of carbonyl (C=O) groups is 2. The summed E-state index contributed by atoms with van der Waals surface area (Å²) in [5.74, 6) is -0.190. The Morgan fingerprint density at radius 1 is 0.939 bits per heavy atom. The molecule has 0 saturated heterocycles. The molecule has 4 rings (SSSR count). The number of hydrogen-bond donors (Lipinski definition) is 1. The summed E-state index contributed by atoms with van der Waals surface area (Å²) in [5, 5.41) is 3.68. The van der Waals surface area contributed by atoms with Crippen molar-refractivity contribution in [1.29, 1.82) is 0 Å². The minimum atomic E-state index is -0.169. The summed E-state index contributed by atoms with van der Waals surface area (Å²) in [4.78, 5) is 24.2. The van der Waals surface area contributed by atoms with Crippen LogP contribution in [0.3, 0.4) is 0 Å². The zero-order valence-corrected chi connectivity index (χ0v) is 19.6. The lowest BCUT2D eigenvalue weighted by Crippen LogP contribution is -2.27. The van der Waals surface area contributed by atoms with Gasteiger partial charge in [0.15, 0.2) is 0 Å². The largest absolute Gasteiger partial charge is 0.466 e. The van der Waals surface area contributed by atoms with Crippen LogP contribution in [-0.4, -0.2) is 25.0 Å². The monoisotopic (exact) mass is 461 g/mol. The van der Waals surface area contributed by atoms with E-state index in [1.165, 1.54) is 16.7 Å². The SMILES string of the molecule is CCOC(=O)CCc1ccc(CCNC(=O)Cc2c(Cl)ccc3c2Cc2ccccc2-3)cc1. The highest BCUT2D eigenvalue weighted by atomic mass is 35.5. The number of rotatable bonds is 9. The number of ether oxygens (including phenoxy) is 1. The zero-order valence-electron chi connectivity index (χ0n) is 18.8. The van der Waals surface area contributed by atoms with E-state index in [2.05, 4.69) is 23.5 Å². The Morgan fingerprint density at radius 3 is 2.42 bits per heavy atom. The smallest absolute Gasteiger partial charge is 0.306 e. The summed E-state index contributed by atoms with van der Waals surface area (Å²) in [7, 11) is 0. The molecular weight excluding hydrogens is 434 g/mol. The van der Waals surface area contributed by atoms with Crippen LogP contribution in [0.5, 0.6) is 0 Å². The minimum absolute atomic E-state index is 0.0210. The number of halogens is 1. The van der Waals surface area contributed by atoms with Gasteiger partial charge in [0.05, 0.1) is 13.0 Å². The maximum Gasteiger partial charge on any atom is 0.306 e. The number of amides is 1. The number of aryl methyl sites for hydroxylation is 1. The quantitative estimate of drug-likeness (QED) is 0.344. The molecule has 170 valence electrons. The van der Waals surface area contributed by atoms with Gasteiger partial charge >= 0.3 is 5.97 Å². The lowest BCUT2D eigenvalue weighted by Gasteiger charge is -2.12. The second-order valence-corrected chi connectivity index (χ2v) is 8.69. The van der Waals surface area contributed by atoms with Gasteiger partial charge in [-0.3, -0.25) is 9.59 Å². The fourth-order valence-corrected chi connectivity index (χ4v) is 4.60. The van der Waals surface area contributed by atoms with E-state index in [-0.39, 0.29) is 18.3 Å². The van der Waals surface area contributed by atoms with E-state index in [4.69, 9.17) is 16.3 Å². The lowest BCUT2D eigenvalue weighted by molar-refractivity contribution is -0.143. The van der Waals surface area contributed by atoms with Crippen LogP contribution in [-0.2, 0) is 40.0 Å². The number of esters is 1. The fraction of sp³-hybridized carbons (Fsp3) is 0.286. The Hall–Kier alpha value is -3.11. The molecule has 0 radical (unpaired) electrons. The van der Waals surface area contributed by atoms with E-state index in [9.17, 15) is 9.59 Å². The molecule has 0 fully saturated rings. The van der Waals surface area contributed by atoms with Crippen molar-refractivity contribution < 1.29 is 14.3 Å². The Balaban J connectivity index is 1.29. The Morgan fingerprint density at radius 2 is 1.67 bits per heavy atom. The van der Waals surface area contributed by atoms with Gasteiger partial charge in [0.2, 0.25) is 5.91 Å². The molecule has 33 heavy (non-hydrogen) atoms. The third kappa shape index (κ3) is 5.63. The molecule has 0 aromatic heterocycles. The van der Waals surface area contributed by atoms with Gasteiger partial charge in [-0.15, -0.1) is 0 Å². The van der Waals surface area contributed by atoms with E-state index in [0.717, 1.165) is 35.1 Å². The normalized spacial score (nSPS) is 11.6. The molecule has 0 unspecified atom stereocenters. The lowest BCUT2D eigenvalue weighted by atomic mass is 9.98. The summed E-state index contributed by atoms with van der Waals surface area (Å²) >= 11 is 6.49. The van der Waals surface area contributed by atoms with Crippen LogP contribution in [0.25, 0.3) is 11.1 Å². The molecule has 1 aliphatic carbocycles.